The first-order chi connectivity index (χ1) is 8.97. The number of nitrogens with zero attached hydrogens (tertiary/aromatic N) is 3. The largest absolute Gasteiger partial charge is 0.354 e. The van der Waals surface area contributed by atoms with Crippen molar-refractivity contribution < 1.29 is 9.32 Å². The Morgan fingerprint density at radius 1 is 1.42 bits per heavy atom. The summed E-state index contributed by atoms with van der Waals surface area (Å²) in [5.41, 5.74) is -0.000665. The third-order valence-corrected chi connectivity index (χ3v) is 3.57. The zero-order chi connectivity index (χ0) is 13.9. The Kier molecular flexibility index (Phi) is 4.19. The van der Waals surface area contributed by atoms with E-state index in [-0.39, 0.29) is 17.9 Å². The number of hydrogen-bond acceptors (Lipinski definition) is 5. The van der Waals surface area contributed by atoms with Crippen LogP contribution in [0.4, 0.5) is 0 Å². The van der Waals surface area contributed by atoms with Gasteiger partial charge in [0.15, 0.2) is 5.82 Å². The molecule has 1 amide bonds. The molecule has 19 heavy (non-hydrogen) atoms. The predicted molar refractivity (Wildman–Crippen MR) is 70.6 cm³/mol. The summed E-state index contributed by atoms with van der Waals surface area (Å²) < 4.78 is 4.84. The van der Waals surface area contributed by atoms with Gasteiger partial charge in [0.05, 0.1) is 6.42 Å². The summed E-state index contributed by atoms with van der Waals surface area (Å²) in [6.45, 7) is 8.92. The molecule has 0 saturated carbocycles. The fraction of sp³-hybridized carbons (Fsp3) is 0.769. The van der Waals surface area contributed by atoms with E-state index in [0.29, 0.717) is 18.3 Å². The summed E-state index contributed by atoms with van der Waals surface area (Å²) in [4.78, 5) is 18.3. The van der Waals surface area contributed by atoms with Crippen LogP contribution in [0.15, 0.2) is 4.52 Å². The van der Waals surface area contributed by atoms with E-state index >= 15 is 0 Å². The molecule has 0 bridgehead atoms. The minimum atomic E-state index is -0.0620. The van der Waals surface area contributed by atoms with Gasteiger partial charge in [-0.05, 0) is 39.8 Å². The summed E-state index contributed by atoms with van der Waals surface area (Å²) in [6, 6.07) is 0. The molecule has 0 unspecified atom stereocenters. The van der Waals surface area contributed by atoms with Crippen LogP contribution in [0, 0.1) is 6.92 Å². The molecule has 0 radical (unpaired) electrons. The number of carbonyl (C=O) groups is 1. The Balaban J connectivity index is 1.79. The van der Waals surface area contributed by atoms with Gasteiger partial charge in [-0.25, -0.2) is 0 Å². The smallest absolute Gasteiger partial charge is 0.227 e. The lowest BCUT2D eigenvalue weighted by molar-refractivity contribution is -0.121. The highest BCUT2D eigenvalue weighted by Gasteiger charge is 2.29. The van der Waals surface area contributed by atoms with Crippen molar-refractivity contribution in [1.82, 2.24) is 20.4 Å². The number of amides is 1. The Morgan fingerprint density at radius 3 is 2.68 bits per heavy atom. The van der Waals surface area contributed by atoms with Crippen LogP contribution in [-0.4, -0.2) is 46.1 Å². The zero-order valence-electron chi connectivity index (χ0n) is 11.9. The van der Waals surface area contributed by atoms with E-state index < -0.39 is 0 Å². The fourth-order valence-corrected chi connectivity index (χ4v) is 2.37. The van der Waals surface area contributed by atoms with Gasteiger partial charge in [-0.2, -0.15) is 4.98 Å². The van der Waals surface area contributed by atoms with Crippen LogP contribution in [0.5, 0.6) is 0 Å². The van der Waals surface area contributed by atoms with Gasteiger partial charge in [0.1, 0.15) is 0 Å². The van der Waals surface area contributed by atoms with Crippen LogP contribution < -0.4 is 5.32 Å². The quantitative estimate of drug-likeness (QED) is 0.857. The van der Waals surface area contributed by atoms with Crippen molar-refractivity contribution in [1.29, 1.82) is 0 Å². The van der Waals surface area contributed by atoms with E-state index in [2.05, 4.69) is 34.2 Å². The molecule has 1 aliphatic rings. The SMILES string of the molecule is Cc1nc(CC(=O)NCC(C)(C)N2CCCC2)no1. The van der Waals surface area contributed by atoms with Gasteiger partial charge in [0.2, 0.25) is 11.8 Å². The van der Waals surface area contributed by atoms with Gasteiger partial charge in [-0.1, -0.05) is 5.16 Å². The third kappa shape index (κ3) is 3.76. The monoisotopic (exact) mass is 266 g/mol. The molecule has 0 spiro atoms. The molecule has 0 aromatic carbocycles. The molecule has 6 heteroatoms. The number of rotatable bonds is 5. The zero-order valence-corrected chi connectivity index (χ0v) is 11.9. The van der Waals surface area contributed by atoms with E-state index in [4.69, 9.17) is 4.52 Å². The standard InChI is InChI=1S/C13H22N4O2/c1-10-15-11(16-19-10)8-12(18)14-9-13(2,3)17-6-4-5-7-17/h4-9H2,1-3H3,(H,14,18). The van der Waals surface area contributed by atoms with Gasteiger partial charge in [0.25, 0.3) is 0 Å². The number of aromatic nitrogens is 2. The predicted octanol–water partition coefficient (Wildman–Crippen LogP) is 0.911. The van der Waals surface area contributed by atoms with Crippen LogP contribution in [0.1, 0.15) is 38.4 Å². The van der Waals surface area contributed by atoms with E-state index in [9.17, 15) is 4.79 Å². The van der Waals surface area contributed by atoms with E-state index in [1.807, 2.05) is 0 Å². The molecule has 6 nitrogen and oxygen atoms in total. The summed E-state index contributed by atoms with van der Waals surface area (Å²) >= 11 is 0. The van der Waals surface area contributed by atoms with Crippen LogP contribution in [0.2, 0.25) is 0 Å². The molecular weight excluding hydrogens is 244 g/mol. The average molecular weight is 266 g/mol. The number of hydrogen-bond donors (Lipinski definition) is 1. The highest BCUT2D eigenvalue weighted by molar-refractivity contribution is 5.77. The molecule has 106 valence electrons. The van der Waals surface area contributed by atoms with Gasteiger partial charge in [-0.15, -0.1) is 0 Å². The summed E-state index contributed by atoms with van der Waals surface area (Å²) in [7, 11) is 0. The van der Waals surface area contributed by atoms with Crippen molar-refractivity contribution in [3.05, 3.63) is 11.7 Å². The lowest BCUT2D eigenvalue weighted by Gasteiger charge is -2.35. The minimum Gasteiger partial charge on any atom is -0.354 e. The molecule has 0 atom stereocenters. The minimum absolute atomic E-state index is 0.000665. The number of likely N-dealkylation sites (tertiary alicyclic amines) is 1. The van der Waals surface area contributed by atoms with E-state index in [1.54, 1.807) is 6.92 Å². The highest BCUT2D eigenvalue weighted by atomic mass is 16.5. The second-order valence-corrected chi connectivity index (χ2v) is 5.69. The van der Waals surface area contributed by atoms with Crippen LogP contribution in [-0.2, 0) is 11.2 Å². The van der Waals surface area contributed by atoms with Crippen molar-refractivity contribution in [2.24, 2.45) is 0 Å². The van der Waals surface area contributed by atoms with Gasteiger partial charge in [-0.3, -0.25) is 9.69 Å². The van der Waals surface area contributed by atoms with E-state index in [1.165, 1.54) is 12.8 Å². The Morgan fingerprint density at radius 2 is 2.11 bits per heavy atom. The Labute approximate surface area is 113 Å². The number of carbonyl (C=O) groups excluding carboxylic acids is 1. The second kappa shape index (κ2) is 5.69. The van der Waals surface area contributed by atoms with Crippen molar-refractivity contribution in [2.75, 3.05) is 19.6 Å². The van der Waals surface area contributed by atoms with Crippen molar-refractivity contribution >= 4 is 5.91 Å². The molecule has 1 aromatic rings. The molecule has 1 aliphatic heterocycles. The van der Waals surface area contributed by atoms with Crippen LogP contribution in [0.25, 0.3) is 0 Å². The lowest BCUT2D eigenvalue weighted by Crippen LogP contribution is -2.50. The maximum absolute atomic E-state index is 11.8. The van der Waals surface area contributed by atoms with Crippen molar-refractivity contribution in [3.8, 4) is 0 Å². The second-order valence-electron chi connectivity index (χ2n) is 5.69. The molecule has 1 fully saturated rings. The maximum Gasteiger partial charge on any atom is 0.227 e. The first-order valence-corrected chi connectivity index (χ1v) is 6.78. The maximum atomic E-state index is 11.8. The normalized spacial score (nSPS) is 16.8. The fourth-order valence-electron chi connectivity index (χ4n) is 2.37. The lowest BCUT2D eigenvalue weighted by atomic mass is 10.0. The molecule has 0 aliphatic carbocycles. The number of aryl methyl sites for hydroxylation is 1. The molecular formula is C13H22N4O2. The topological polar surface area (TPSA) is 71.3 Å². The average Bonchev–Trinajstić information content (AvgIpc) is 2.98. The van der Waals surface area contributed by atoms with Crippen molar-refractivity contribution in [3.63, 3.8) is 0 Å². The van der Waals surface area contributed by atoms with Gasteiger partial charge < -0.3 is 9.84 Å². The molecule has 1 aromatic heterocycles. The molecule has 1 saturated heterocycles. The molecule has 1 N–H and O–H groups in total. The van der Waals surface area contributed by atoms with E-state index in [0.717, 1.165) is 13.1 Å². The van der Waals surface area contributed by atoms with Crippen LogP contribution in [0.3, 0.4) is 0 Å². The third-order valence-electron chi connectivity index (χ3n) is 3.57. The van der Waals surface area contributed by atoms with Crippen LogP contribution >= 0.6 is 0 Å². The first kappa shape index (κ1) is 14.0. The van der Waals surface area contributed by atoms with Crippen molar-refractivity contribution in [2.45, 2.75) is 45.6 Å². The Hall–Kier alpha value is -1.43. The number of nitrogens with one attached hydrogen (secondary N) is 1. The molecule has 2 rings (SSSR count). The molecule has 2 heterocycles. The van der Waals surface area contributed by atoms with Gasteiger partial charge in [0, 0.05) is 19.0 Å². The summed E-state index contributed by atoms with van der Waals surface area (Å²) in [6.07, 6.45) is 2.67. The summed E-state index contributed by atoms with van der Waals surface area (Å²) in [5.74, 6) is 0.863. The Bertz CT molecular complexity index is 436. The highest BCUT2D eigenvalue weighted by Crippen LogP contribution is 2.19. The van der Waals surface area contributed by atoms with Gasteiger partial charge >= 0.3 is 0 Å². The summed E-state index contributed by atoms with van der Waals surface area (Å²) in [5, 5.41) is 6.68. The first-order valence-electron chi connectivity index (χ1n) is 6.78.